The lowest BCUT2D eigenvalue weighted by Gasteiger charge is -2.11. The smallest absolute Gasteiger partial charge is 0.321 e. The fourth-order valence-electron chi connectivity index (χ4n) is 3.32. The second-order valence-electron chi connectivity index (χ2n) is 7.14. The first-order valence-electron chi connectivity index (χ1n) is 9.67. The number of anilines is 1. The van der Waals surface area contributed by atoms with Gasteiger partial charge in [-0.05, 0) is 37.6 Å². The molecule has 0 aliphatic carbocycles. The number of aryl methyl sites for hydroxylation is 2. The van der Waals surface area contributed by atoms with Gasteiger partial charge in [-0.15, -0.1) is 0 Å². The molecule has 0 aliphatic rings. The second-order valence-corrected chi connectivity index (χ2v) is 8.17. The summed E-state index contributed by atoms with van der Waals surface area (Å²) in [6, 6.07) is 5.80. The minimum absolute atomic E-state index is 0.239. The van der Waals surface area contributed by atoms with Crippen molar-refractivity contribution in [2.45, 2.75) is 20.4 Å². The number of carbonyl (C=O) groups is 1. The molecule has 3 aromatic heterocycles. The van der Waals surface area contributed by atoms with E-state index in [1.54, 1.807) is 23.0 Å². The molecular formula is C21H21FN6O2S. The van der Waals surface area contributed by atoms with Gasteiger partial charge in [0.25, 0.3) is 5.56 Å². The number of fused-ring (bicyclic) bond motifs is 1. The van der Waals surface area contributed by atoms with E-state index < -0.39 is 5.82 Å². The molecule has 0 atom stereocenters. The van der Waals surface area contributed by atoms with Crippen molar-refractivity contribution in [3.8, 4) is 11.1 Å². The Morgan fingerprint density at radius 3 is 2.74 bits per heavy atom. The van der Waals surface area contributed by atoms with Crippen LogP contribution in [0.15, 0.2) is 41.6 Å². The predicted molar refractivity (Wildman–Crippen MR) is 119 cm³/mol. The SMILES string of the molecule is CCNC(=O)Nc1nc2cc(-c3cc(C)n(Cc4cn(C)cn4)c(=O)c3)c(F)cc2s1. The third kappa shape index (κ3) is 4.33. The van der Waals surface area contributed by atoms with Crippen molar-refractivity contribution in [2.75, 3.05) is 11.9 Å². The van der Waals surface area contributed by atoms with Gasteiger partial charge in [0.15, 0.2) is 5.13 Å². The van der Waals surface area contributed by atoms with E-state index in [-0.39, 0.29) is 17.2 Å². The monoisotopic (exact) mass is 440 g/mol. The molecule has 3 heterocycles. The lowest BCUT2D eigenvalue weighted by atomic mass is 10.0. The van der Waals surface area contributed by atoms with Crippen LogP contribution in [-0.2, 0) is 13.6 Å². The van der Waals surface area contributed by atoms with Gasteiger partial charge in [0.1, 0.15) is 5.82 Å². The summed E-state index contributed by atoms with van der Waals surface area (Å²) in [6.07, 6.45) is 3.53. The highest BCUT2D eigenvalue weighted by molar-refractivity contribution is 7.22. The molecule has 0 saturated carbocycles. The number of benzene rings is 1. The lowest BCUT2D eigenvalue weighted by molar-refractivity contribution is 0.252. The Labute approximate surface area is 181 Å². The number of hydrogen-bond donors (Lipinski definition) is 2. The first-order chi connectivity index (χ1) is 14.8. The highest BCUT2D eigenvalue weighted by atomic mass is 32.1. The van der Waals surface area contributed by atoms with Crippen LogP contribution in [0.1, 0.15) is 18.3 Å². The molecule has 1 aromatic carbocycles. The third-order valence-electron chi connectivity index (χ3n) is 4.76. The molecule has 8 nitrogen and oxygen atoms in total. The van der Waals surface area contributed by atoms with E-state index in [0.29, 0.717) is 39.7 Å². The fourth-order valence-corrected chi connectivity index (χ4v) is 4.19. The lowest BCUT2D eigenvalue weighted by Crippen LogP contribution is -2.28. The van der Waals surface area contributed by atoms with Gasteiger partial charge in [-0.3, -0.25) is 10.1 Å². The van der Waals surface area contributed by atoms with Crippen molar-refractivity contribution in [1.29, 1.82) is 0 Å². The number of hydrogen-bond acceptors (Lipinski definition) is 5. The number of urea groups is 1. The molecule has 0 radical (unpaired) electrons. The van der Waals surface area contributed by atoms with Crippen molar-refractivity contribution in [3.05, 3.63) is 64.3 Å². The van der Waals surface area contributed by atoms with Crippen LogP contribution in [0.3, 0.4) is 0 Å². The normalized spacial score (nSPS) is 11.1. The van der Waals surface area contributed by atoms with Gasteiger partial charge in [0.05, 0.1) is 28.8 Å². The summed E-state index contributed by atoms with van der Waals surface area (Å²) >= 11 is 1.18. The average Bonchev–Trinajstić information content (AvgIpc) is 3.28. The van der Waals surface area contributed by atoms with Gasteiger partial charge in [-0.1, -0.05) is 11.3 Å². The van der Waals surface area contributed by atoms with Crippen LogP contribution in [-0.4, -0.2) is 31.7 Å². The molecule has 2 N–H and O–H groups in total. The van der Waals surface area contributed by atoms with Gasteiger partial charge < -0.3 is 14.5 Å². The Hall–Kier alpha value is -3.53. The Kier molecular flexibility index (Phi) is 5.55. The molecule has 31 heavy (non-hydrogen) atoms. The molecule has 2 amide bonds. The summed E-state index contributed by atoms with van der Waals surface area (Å²) in [6.45, 7) is 4.45. The average molecular weight is 441 g/mol. The van der Waals surface area contributed by atoms with Crippen LogP contribution in [0.4, 0.5) is 14.3 Å². The van der Waals surface area contributed by atoms with Crippen molar-refractivity contribution < 1.29 is 9.18 Å². The van der Waals surface area contributed by atoms with Crippen LogP contribution >= 0.6 is 11.3 Å². The van der Waals surface area contributed by atoms with E-state index in [0.717, 1.165) is 5.69 Å². The molecule has 0 unspecified atom stereocenters. The van der Waals surface area contributed by atoms with Gasteiger partial charge >= 0.3 is 6.03 Å². The van der Waals surface area contributed by atoms with E-state index in [1.807, 2.05) is 31.7 Å². The first kappa shape index (κ1) is 20.7. The first-order valence-corrected chi connectivity index (χ1v) is 10.5. The van der Waals surface area contributed by atoms with Crippen LogP contribution in [0, 0.1) is 12.7 Å². The Morgan fingerprint density at radius 1 is 1.26 bits per heavy atom. The number of imidazole rings is 1. The zero-order chi connectivity index (χ0) is 22.1. The number of aromatic nitrogens is 4. The maximum Gasteiger partial charge on any atom is 0.321 e. The Balaban J connectivity index is 1.68. The highest BCUT2D eigenvalue weighted by Gasteiger charge is 2.15. The van der Waals surface area contributed by atoms with Crippen LogP contribution < -0.4 is 16.2 Å². The summed E-state index contributed by atoms with van der Waals surface area (Å²) in [4.78, 5) is 33.1. The van der Waals surface area contributed by atoms with E-state index >= 15 is 0 Å². The number of thiazole rings is 1. The van der Waals surface area contributed by atoms with E-state index in [1.165, 1.54) is 23.5 Å². The Morgan fingerprint density at radius 2 is 2.06 bits per heavy atom. The van der Waals surface area contributed by atoms with Crippen molar-refractivity contribution in [1.82, 2.24) is 24.4 Å². The number of nitrogens with zero attached hydrogens (tertiary/aromatic N) is 4. The van der Waals surface area contributed by atoms with E-state index in [9.17, 15) is 14.0 Å². The third-order valence-corrected chi connectivity index (χ3v) is 5.69. The molecule has 0 aliphatic heterocycles. The van der Waals surface area contributed by atoms with E-state index in [4.69, 9.17) is 0 Å². The number of halogens is 1. The molecule has 0 spiro atoms. The molecule has 0 bridgehead atoms. The summed E-state index contributed by atoms with van der Waals surface area (Å²) in [5.41, 5.74) is 2.53. The van der Waals surface area contributed by atoms with Crippen LogP contribution in [0.2, 0.25) is 0 Å². The zero-order valence-electron chi connectivity index (χ0n) is 17.3. The number of carbonyl (C=O) groups excluding carboxylic acids is 1. The molecule has 4 aromatic rings. The summed E-state index contributed by atoms with van der Waals surface area (Å²) in [5.74, 6) is -0.456. The summed E-state index contributed by atoms with van der Waals surface area (Å²) in [7, 11) is 1.86. The van der Waals surface area contributed by atoms with E-state index in [2.05, 4.69) is 20.6 Å². The largest absolute Gasteiger partial charge is 0.340 e. The molecule has 160 valence electrons. The number of nitrogens with one attached hydrogen (secondary N) is 2. The van der Waals surface area contributed by atoms with Gasteiger partial charge in [0.2, 0.25) is 0 Å². The molecular weight excluding hydrogens is 419 g/mol. The van der Waals surface area contributed by atoms with Crippen molar-refractivity contribution >= 4 is 32.7 Å². The quantitative estimate of drug-likeness (QED) is 0.497. The highest BCUT2D eigenvalue weighted by Crippen LogP contribution is 2.32. The molecule has 0 saturated heterocycles. The minimum Gasteiger partial charge on any atom is -0.340 e. The summed E-state index contributed by atoms with van der Waals surface area (Å²) in [5, 5.41) is 5.63. The minimum atomic E-state index is -0.456. The molecule has 4 rings (SSSR count). The van der Waals surface area contributed by atoms with Crippen LogP contribution in [0.5, 0.6) is 0 Å². The zero-order valence-corrected chi connectivity index (χ0v) is 18.1. The van der Waals surface area contributed by atoms with Gasteiger partial charge in [-0.25, -0.2) is 19.2 Å². The topological polar surface area (TPSA) is 93.8 Å². The van der Waals surface area contributed by atoms with Crippen molar-refractivity contribution in [3.63, 3.8) is 0 Å². The fraction of sp³-hybridized carbons (Fsp3) is 0.238. The number of pyridine rings is 1. The van der Waals surface area contributed by atoms with Gasteiger partial charge in [0, 0.05) is 37.1 Å². The number of rotatable bonds is 5. The van der Waals surface area contributed by atoms with Crippen molar-refractivity contribution in [2.24, 2.45) is 7.05 Å². The standard InChI is InChI=1S/C21H21FN6O2S/c1-4-23-20(30)26-21-25-17-7-15(16(22)8-18(17)31-21)13-5-12(2)28(19(29)6-13)10-14-9-27(3)11-24-14/h5-9,11H,4,10H2,1-3H3,(H2,23,25,26,30). The number of amides is 2. The predicted octanol–water partition coefficient (Wildman–Crippen LogP) is 3.50. The Bertz CT molecular complexity index is 1340. The maximum atomic E-state index is 14.9. The molecule has 10 heteroatoms. The summed E-state index contributed by atoms with van der Waals surface area (Å²) < 4.78 is 18.9. The van der Waals surface area contributed by atoms with Gasteiger partial charge in [-0.2, -0.15) is 0 Å². The maximum absolute atomic E-state index is 14.9. The second kappa shape index (κ2) is 8.31. The molecule has 0 fully saturated rings. The van der Waals surface area contributed by atoms with Crippen LogP contribution in [0.25, 0.3) is 21.3 Å².